The van der Waals surface area contributed by atoms with Gasteiger partial charge in [-0.1, -0.05) is 12.1 Å². The molecule has 1 aromatic carbocycles. The maximum atomic E-state index is 12.6. The van der Waals surface area contributed by atoms with Crippen LogP contribution in [0.4, 0.5) is 0 Å². The number of thiophene rings is 1. The summed E-state index contributed by atoms with van der Waals surface area (Å²) in [5.74, 6) is 0. The van der Waals surface area contributed by atoms with Crippen molar-refractivity contribution in [2.24, 2.45) is 0 Å². The van der Waals surface area contributed by atoms with Gasteiger partial charge in [-0.05, 0) is 35.7 Å². The van der Waals surface area contributed by atoms with Gasteiger partial charge < -0.3 is 0 Å². The average molecular weight is 318 g/mol. The van der Waals surface area contributed by atoms with Gasteiger partial charge in [0.1, 0.15) is 0 Å². The highest BCUT2D eigenvalue weighted by Crippen LogP contribution is 2.20. The summed E-state index contributed by atoms with van der Waals surface area (Å²) in [7, 11) is -3.60. The lowest BCUT2D eigenvalue weighted by Crippen LogP contribution is -2.30. The molecule has 0 amide bonds. The standard InChI is InChI=1S/C15H14N2O2S2/c1-2-9-17(12-14-4-3-10-20-14)21(18,19)15-7-5-13(11-16)6-8-15/h2-8,10H,1,9,12H2. The highest BCUT2D eigenvalue weighted by Gasteiger charge is 2.23. The molecule has 0 aliphatic heterocycles. The van der Waals surface area contributed by atoms with Crippen molar-refractivity contribution in [2.45, 2.75) is 11.4 Å². The normalized spacial score (nSPS) is 11.2. The molecule has 2 rings (SSSR count). The van der Waals surface area contributed by atoms with Gasteiger partial charge in [-0.2, -0.15) is 9.57 Å². The molecule has 2 aromatic rings. The van der Waals surface area contributed by atoms with E-state index in [0.717, 1.165) is 4.88 Å². The molecule has 1 aromatic heterocycles. The molecular weight excluding hydrogens is 304 g/mol. The van der Waals surface area contributed by atoms with Gasteiger partial charge in [0.05, 0.1) is 16.5 Å². The minimum absolute atomic E-state index is 0.180. The Hall–Kier alpha value is -1.94. The molecule has 4 nitrogen and oxygen atoms in total. The Morgan fingerprint density at radius 1 is 1.29 bits per heavy atom. The molecule has 0 spiro atoms. The fourth-order valence-electron chi connectivity index (χ4n) is 1.82. The molecular formula is C15H14N2O2S2. The maximum absolute atomic E-state index is 12.6. The van der Waals surface area contributed by atoms with Gasteiger partial charge >= 0.3 is 0 Å². The van der Waals surface area contributed by atoms with Gasteiger partial charge in [-0.15, -0.1) is 17.9 Å². The van der Waals surface area contributed by atoms with Gasteiger partial charge in [-0.3, -0.25) is 0 Å². The summed E-state index contributed by atoms with van der Waals surface area (Å²) in [6.07, 6.45) is 1.56. The largest absolute Gasteiger partial charge is 0.243 e. The van der Waals surface area contributed by atoms with Crippen molar-refractivity contribution >= 4 is 21.4 Å². The van der Waals surface area contributed by atoms with Crippen LogP contribution in [-0.4, -0.2) is 19.3 Å². The molecule has 6 heteroatoms. The van der Waals surface area contributed by atoms with Crippen LogP contribution in [0, 0.1) is 11.3 Å². The van der Waals surface area contributed by atoms with E-state index in [2.05, 4.69) is 6.58 Å². The fraction of sp³-hybridized carbons (Fsp3) is 0.133. The first-order valence-electron chi connectivity index (χ1n) is 6.21. The molecule has 0 saturated heterocycles. The van der Waals surface area contributed by atoms with Crippen molar-refractivity contribution in [2.75, 3.05) is 6.54 Å². The van der Waals surface area contributed by atoms with E-state index in [9.17, 15) is 8.42 Å². The number of nitrogens with zero attached hydrogens (tertiary/aromatic N) is 2. The van der Waals surface area contributed by atoms with Crippen LogP contribution < -0.4 is 0 Å². The van der Waals surface area contributed by atoms with Crippen molar-refractivity contribution < 1.29 is 8.42 Å². The van der Waals surface area contributed by atoms with Crippen LogP contribution in [0.5, 0.6) is 0 Å². The molecule has 0 radical (unpaired) electrons. The fourth-order valence-corrected chi connectivity index (χ4v) is 4.01. The first-order chi connectivity index (χ1) is 10.1. The zero-order valence-electron chi connectivity index (χ0n) is 11.3. The number of rotatable bonds is 6. The number of nitriles is 1. The molecule has 0 bridgehead atoms. The zero-order chi connectivity index (χ0) is 15.3. The molecule has 0 N–H and O–H groups in total. The quantitative estimate of drug-likeness (QED) is 0.769. The zero-order valence-corrected chi connectivity index (χ0v) is 12.9. The molecule has 0 aliphatic carbocycles. The summed E-state index contributed by atoms with van der Waals surface area (Å²) in [6.45, 7) is 4.17. The third kappa shape index (κ3) is 3.58. The van der Waals surface area contributed by atoms with Crippen LogP contribution in [0.2, 0.25) is 0 Å². The van der Waals surface area contributed by atoms with Crippen molar-refractivity contribution in [3.05, 3.63) is 64.9 Å². The Kier molecular flexibility index (Phi) is 4.91. The lowest BCUT2D eigenvalue weighted by Gasteiger charge is -2.20. The molecule has 0 atom stereocenters. The van der Waals surface area contributed by atoms with E-state index < -0.39 is 10.0 Å². The first kappa shape index (κ1) is 15.4. The molecule has 1 heterocycles. The van der Waals surface area contributed by atoms with E-state index in [1.54, 1.807) is 6.08 Å². The third-order valence-electron chi connectivity index (χ3n) is 2.87. The minimum atomic E-state index is -3.60. The average Bonchev–Trinajstić information content (AvgIpc) is 3.00. The van der Waals surface area contributed by atoms with Gasteiger partial charge in [0.2, 0.25) is 10.0 Å². The highest BCUT2D eigenvalue weighted by atomic mass is 32.2. The van der Waals surface area contributed by atoms with Crippen molar-refractivity contribution in [1.82, 2.24) is 4.31 Å². The van der Waals surface area contributed by atoms with Gasteiger partial charge in [0.25, 0.3) is 0 Å². The Morgan fingerprint density at radius 2 is 2.00 bits per heavy atom. The monoisotopic (exact) mass is 318 g/mol. The molecule has 108 valence electrons. The van der Waals surface area contributed by atoms with Crippen molar-refractivity contribution in [1.29, 1.82) is 5.26 Å². The van der Waals surface area contributed by atoms with Crippen LogP contribution in [-0.2, 0) is 16.6 Å². The summed E-state index contributed by atoms with van der Waals surface area (Å²) in [4.78, 5) is 1.15. The summed E-state index contributed by atoms with van der Waals surface area (Å²) < 4.78 is 26.7. The van der Waals surface area contributed by atoms with E-state index in [1.807, 2.05) is 23.6 Å². The van der Waals surface area contributed by atoms with E-state index in [0.29, 0.717) is 12.1 Å². The molecule has 21 heavy (non-hydrogen) atoms. The maximum Gasteiger partial charge on any atom is 0.243 e. The summed E-state index contributed by atoms with van der Waals surface area (Å²) in [6, 6.07) is 11.7. The SMILES string of the molecule is C=CCN(Cc1cccs1)S(=O)(=O)c1ccc(C#N)cc1. The molecule has 0 aliphatic rings. The minimum Gasteiger partial charge on any atom is -0.207 e. The van der Waals surface area contributed by atoms with Gasteiger partial charge in [0, 0.05) is 18.0 Å². The number of benzene rings is 1. The number of hydrogen-bond donors (Lipinski definition) is 0. The summed E-state index contributed by atoms with van der Waals surface area (Å²) >= 11 is 1.51. The predicted octanol–water partition coefficient (Wildman–Crippen LogP) is 3.00. The highest BCUT2D eigenvalue weighted by molar-refractivity contribution is 7.89. The smallest absolute Gasteiger partial charge is 0.207 e. The van der Waals surface area contributed by atoms with Crippen molar-refractivity contribution in [3.8, 4) is 6.07 Å². The second-order valence-corrected chi connectivity index (χ2v) is 7.27. The van der Waals surface area contributed by atoms with E-state index in [4.69, 9.17) is 5.26 Å². The van der Waals surface area contributed by atoms with Crippen LogP contribution >= 0.6 is 11.3 Å². The van der Waals surface area contributed by atoms with Crippen LogP contribution in [0.25, 0.3) is 0 Å². The van der Waals surface area contributed by atoms with Crippen LogP contribution in [0.15, 0.2) is 59.3 Å². The van der Waals surface area contributed by atoms with E-state index >= 15 is 0 Å². The summed E-state index contributed by atoms with van der Waals surface area (Å²) in [5.41, 5.74) is 0.433. The Balaban J connectivity index is 2.32. The van der Waals surface area contributed by atoms with E-state index in [1.165, 1.54) is 39.9 Å². The predicted molar refractivity (Wildman–Crippen MR) is 83.3 cm³/mol. The first-order valence-corrected chi connectivity index (χ1v) is 8.53. The van der Waals surface area contributed by atoms with Crippen LogP contribution in [0.1, 0.15) is 10.4 Å². The number of hydrogen-bond acceptors (Lipinski definition) is 4. The third-order valence-corrected chi connectivity index (χ3v) is 5.55. The second-order valence-electron chi connectivity index (χ2n) is 4.30. The topological polar surface area (TPSA) is 61.2 Å². The van der Waals surface area contributed by atoms with Crippen molar-refractivity contribution in [3.63, 3.8) is 0 Å². The van der Waals surface area contributed by atoms with Gasteiger partial charge in [-0.25, -0.2) is 8.42 Å². The lowest BCUT2D eigenvalue weighted by molar-refractivity contribution is 0.441. The van der Waals surface area contributed by atoms with E-state index in [-0.39, 0.29) is 11.4 Å². The van der Waals surface area contributed by atoms with Crippen LogP contribution in [0.3, 0.4) is 0 Å². The number of sulfonamides is 1. The molecule has 0 fully saturated rings. The Labute approximate surface area is 128 Å². The lowest BCUT2D eigenvalue weighted by atomic mass is 10.2. The Bertz CT molecular complexity index is 742. The summed E-state index contributed by atoms with van der Waals surface area (Å²) in [5, 5.41) is 10.7. The van der Waals surface area contributed by atoms with Gasteiger partial charge in [0.15, 0.2) is 0 Å². The molecule has 0 saturated carbocycles. The molecule has 0 unspecified atom stereocenters. The Morgan fingerprint density at radius 3 is 2.52 bits per heavy atom. The second kappa shape index (κ2) is 6.68.